The molecule has 0 spiro atoms. The molecule has 0 unspecified atom stereocenters. The van der Waals surface area contributed by atoms with Crippen molar-refractivity contribution in [3.8, 4) is 5.75 Å². The minimum absolute atomic E-state index is 0.842. The summed E-state index contributed by atoms with van der Waals surface area (Å²) >= 11 is 0. The SMILES string of the molecule is COc1ccc(/N=C/C=C/c2ccc(C)cc2)cc1. The number of benzene rings is 2. The molecule has 0 aliphatic rings. The highest BCUT2D eigenvalue weighted by Gasteiger charge is 1.89. The lowest BCUT2D eigenvalue weighted by molar-refractivity contribution is 0.415. The molecule has 0 bridgehead atoms. The van der Waals surface area contributed by atoms with Gasteiger partial charge in [-0.05, 0) is 42.8 Å². The van der Waals surface area contributed by atoms with Gasteiger partial charge in [-0.3, -0.25) is 4.99 Å². The molecule has 0 N–H and O–H groups in total. The molecule has 0 fully saturated rings. The van der Waals surface area contributed by atoms with Gasteiger partial charge < -0.3 is 4.74 Å². The molecule has 2 heteroatoms. The van der Waals surface area contributed by atoms with Gasteiger partial charge in [-0.2, -0.15) is 0 Å². The number of methoxy groups -OCH3 is 1. The summed E-state index contributed by atoms with van der Waals surface area (Å²) in [4.78, 5) is 4.35. The highest BCUT2D eigenvalue weighted by atomic mass is 16.5. The number of hydrogen-bond acceptors (Lipinski definition) is 2. The van der Waals surface area contributed by atoms with Crippen molar-refractivity contribution in [2.24, 2.45) is 4.99 Å². The molecule has 0 radical (unpaired) electrons. The Morgan fingerprint density at radius 3 is 2.26 bits per heavy atom. The normalized spacial score (nSPS) is 11.3. The summed E-state index contributed by atoms with van der Waals surface area (Å²) in [6, 6.07) is 16.0. The molecule has 0 saturated carbocycles. The van der Waals surface area contributed by atoms with Crippen molar-refractivity contribution in [2.45, 2.75) is 6.92 Å². The Balaban J connectivity index is 1.96. The van der Waals surface area contributed by atoms with E-state index in [0.717, 1.165) is 11.4 Å². The summed E-state index contributed by atoms with van der Waals surface area (Å²) in [5.41, 5.74) is 3.35. The molecule has 0 aliphatic heterocycles. The maximum Gasteiger partial charge on any atom is 0.119 e. The van der Waals surface area contributed by atoms with Gasteiger partial charge >= 0.3 is 0 Å². The summed E-state index contributed by atoms with van der Waals surface area (Å²) in [7, 11) is 1.66. The van der Waals surface area contributed by atoms with Crippen molar-refractivity contribution in [1.82, 2.24) is 0 Å². The molecule has 2 rings (SSSR count). The summed E-state index contributed by atoms with van der Waals surface area (Å²) in [6.45, 7) is 2.08. The number of hydrogen-bond donors (Lipinski definition) is 0. The molecule has 0 aliphatic carbocycles. The average Bonchev–Trinajstić information content (AvgIpc) is 2.46. The van der Waals surface area contributed by atoms with E-state index in [1.54, 1.807) is 13.3 Å². The van der Waals surface area contributed by atoms with E-state index in [9.17, 15) is 0 Å². The second-order valence-electron chi connectivity index (χ2n) is 4.25. The van der Waals surface area contributed by atoms with Crippen LogP contribution in [0.4, 0.5) is 5.69 Å². The highest BCUT2D eigenvalue weighted by Crippen LogP contribution is 2.17. The molecule has 0 atom stereocenters. The van der Waals surface area contributed by atoms with E-state index in [0.29, 0.717) is 0 Å². The third kappa shape index (κ3) is 4.11. The van der Waals surface area contributed by atoms with Gasteiger partial charge in [0.2, 0.25) is 0 Å². The Morgan fingerprint density at radius 2 is 1.63 bits per heavy atom. The third-order valence-corrected chi connectivity index (χ3v) is 2.75. The second-order valence-corrected chi connectivity index (χ2v) is 4.25. The molecule has 0 saturated heterocycles. The van der Waals surface area contributed by atoms with Crippen molar-refractivity contribution >= 4 is 18.0 Å². The molecular formula is C17H17NO. The van der Waals surface area contributed by atoms with Gasteiger partial charge in [-0.15, -0.1) is 0 Å². The number of rotatable bonds is 4. The Morgan fingerprint density at radius 1 is 0.947 bits per heavy atom. The Labute approximate surface area is 114 Å². The largest absolute Gasteiger partial charge is 0.497 e. The van der Waals surface area contributed by atoms with Crippen LogP contribution in [0.3, 0.4) is 0 Å². The monoisotopic (exact) mass is 251 g/mol. The number of aryl methyl sites for hydroxylation is 1. The van der Waals surface area contributed by atoms with Crippen LogP contribution >= 0.6 is 0 Å². The fraction of sp³-hybridized carbons (Fsp3) is 0.118. The van der Waals surface area contributed by atoms with E-state index >= 15 is 0 Å². The van der Waals surface area contributed by atoms with Gasteiger partial charge in [0.25, 0.3) is 0 Å². The zero-order chi connectivity index (χ0) is 13.5. The standard InChI is InChI=1S/C17H17NO/c1-14-5-7-15(8-6-14)4-3-13-18-16-9-11-17(19-2)12-10-16/h3-13H,1-2H3/b4-3+,18-13+. The smallest absolute Gasteiger partial charge is 0.119 e. The fourth-order valence-electron chi connectivity index (χ4n) is 1.63. The minimum atomic E-state index is 0.842. The number of aliphatic imine (C=N–C) groups is 1. The van der Waals surface area contributed by atoms with Crippen molar-refractivity contribution < 1.29 is 4.74 Å². The summed E-state index contributed by atoms with van der Waals surface area (Å²) in [5.74, 6) is 0.842. The van der Waals surface area contributed by atoms with Crippen LogP contribution in [0.1, 0.15) is 11.1 Å². The van der Waals surface area contributed by atoms with Gasteiger partial charge in [-0.1, -0.05) is 35.9 Å². The van der Waals surface area contributed by atoms with E-state index in [4.69, 9.17) is 4.74 Å². The van der Waals surface area contributed by atoms with E-state index in [-0.39, 0.29) is 0 Å². The summed E-state index contributed by atoms with van der Waals surface area (Å²) in [6.07, 6.45) is 5.77. The van der Waals surface area contributed by atoms with Crippen LogP contribution in [0.25, 0.3) is 6.08 Å². The Bertz CT molecular complexity index is 565. The van der Waals surface area contributed by atoms with Gasteiger partial charge in [-0.25, -0.2) is 0 Å². The molecular weight excluding hydrogens is 234 g/mol. The predicted octanol–water partition coefficient (Wildman–Crippen LogP) is 4.42. The first-order valence-electron chi connectivity index (χ1n) is 6.19. The van der Waals surface area contributed by atoms with Crippen LogP contribution in [0.15, 0.2) is 59.6 Å². The van der Waals surface area contributed by atoms with Gasteiger partial charge in [0.15, 0.2) is 0 Å². The minimum Gasteiger partial charge on any atom is -0.497 e. The lowest BCUT2D eigenvalue weighted by atomic mass is 10.1. The van der Waals surface area contributed by atoms with Gasteiger partial charge in [0.1, 0.15) is 5.75 Å². The van der Waals surface area contributed by atoms with Crippen molar-refractivity contribution in [1.29, 1.82) is 0 Å². The quantitative estimate of drug-likeness (QED) is 0.737. The maximum absolute atomic E-state index is 5.10. The van der Waals surface area contributed by atoms with Crippen molar-refractivity contribution in [2.75, 3.05) is 7.11 Å². The van der Waals surface area contributed by atoms with E-state index in [2.05, 4.69) is 36.2 Å². The maximum atomic E-state index is 5.10. The molecule has 0 aromatic heterocycles. The number of ether oxygens (including phenoxy) is 1. The molecule has 0 amide bonds. The molecule has 0 heterocycles. The third-order valence-electron chi connectivity index (χ3n) is 2.75. The van der Waals surface area contributed by atoms with Crippen molar-refractivity contribution in [3.63, 3.8) is 0 Å². The van der Waals surface area contributed by atoms with Gasteiger partial charge in [0, 0.05) is 6.21 Å². The van der Waals surface area contributed by atoms with Crippen LogP contribution < -0.4 is 4.74 Å². The zero-order valence-corrected chi connectivity index (χ0v) is 11.2. The highest BCUT2D eigenvalue weighted by molar-refractivity contribution is 5.80. The lowest BCUT2D eigenvalue weighted by Gasteiger charge is -1.98. The van der Waals surface area contributed by atoms with Crippen LogP contribution in [-0.2, 0) is 0 Å². The van der Waals surface area contributed by atoms with Crippen LogP contribution in [0.2, 0.25) is 0 Å². The number of nitrogens with zero attached hydrogens (tertiary/aromatic N) is 1. The van der Waals surface area contributed by atoms with Crippen LogP contribution in [0.5, 0.6) is 5.75 Å². The Kier molecular flexibility index (Phi) is 4.51. The molecule has 2 aromatic carbocycles. The van der Waals surface area contributed by atoms with Crippen LogP contribution in [0, 0.1) is 6.92 Å². The molecule has 2 aromatic rings. The van der Waals surface area contributed by atoms with Gasteiger partial charge in [0.05, 0.1) is 12.8 Å². The predicted molar refractivity (Wildman–Crippen MR) is 81.4 cm³/mol. The first kappa shape index (κ1) is 13.1. The van der Waals surface area contributed by atoms with E-state index < -0.39 is 0 Å². The molecule has 96 valence electrons. The second kappa shape index (κ2) is 6.55. The topological polar surface area (TPSA) is 21.6 Å². The van der Waals surface area contributed by atoms with E-state index in [1.165, 1.54) is 11.1 Å². The molecule has 19 heavy (non-hydrogen) atoms. The molecule has 2 nitrogen and oxygen atoms in total. The van der Waals surface area contributed by atoms with Crippen LogP contribution in [-0.4, -0.2) is 13.3 Å². The Hall–Kier alpha value is -2.35. The fourth-order valence-corrected chi connectivity index (χ4v) is 1.63. The van der Waals surface area contributed by atoms with Crippen molar-refractivity contribution in [3.05, 3.63) is 65.7 Å². The van der Waals surface area contributed by atoms with E-state index in [1.807, 2.05) is 36.4 Å². The summed E-state index contributed by atoms with van der Waals surface area (Å²) in [5, 5.41) is 0. The zero-order valence-electron chi connectivity index (χ0n) is 11.2. The summed E-state index contributed by atoms with van der Waals surface area (Å²) < 4.78 is 5.10. The average molecular weight is 251 g/mol. The first-order valence-corrected chi connectivity index (χ1v) is 6.19. The number of allylic oxidation sites excluding steroid dienone is 1. The lowest BCUT2D eigenvalue weighted by Crippen LogP contribution is -1.79. The first-order chi connectivity index (χ1) is 9.28.